The maximum absolute atomic E-state index is 12.3. The molecule has 1 heterocycles. The van der Waals surface area contributed by atoms with Gasteiger partial charge in [0.15, 0.2) is 0 Å². The molecule has 1 aliphatic heterocycles. The van der Waals surface area contributed by atoms with E-state index in [1.807, 2.05) is 12.1 Å². The van der Waals surface area contributed by atoms with Crippen LogP contribution in [0.1, 0.15) is 5.56 Å². The average molecular weight is 340 g/mol. The Hall–Kier alpha value is -1.63. The van der Waals surface area contributed by atoms with E-state index in [-0.39, 0.29) is 18.4 Å². The van der Waals surface area contributed by atoms with Gasteiger partial charge in [-0.05, 0) is 17.7 Å². The van der Waals surface area contributed by atoms with Crippen LogP contribution >= 0.6 is 11.6 Å². The van der Waals surface area contributed by atoms with Crippen molar-refractivity contribution in [2.45, 2.75) is 12.5 Å². The van der Waals surface area contributed by atoms with Crippen LogP contribution in [0, 0.1) is 0 Å². The first kappa shape index (κ1) is 17.7. The molecule has 2 rings (SSSR count). The number of amides is 2. The number of hydrogen-bond acceptors (Lipinski definition) is 4. The van der Waals surface area contributed by atoms with Crippen LogP contribution in [0.15, 0.2) is 24.3 Å². The average Bonchev–Trinajstić information content (AvgIpc) is 2.54. The van der Waals surface area contributed by atoms with Gasteiger partial charge in [0.05, 0.1) is 13.0 Å². The van der Waals surface area contributed by atoms with Gasteiger partial charge in [-0.2, -0.15) is 0 Å². The highest BCUT2D eigenvalue weighted by Crippen LogP contribution is 2.13. The summed E-state index contributed by atoms with van der Waals surface area (Å²) in [6.45, 7) is 2.23. The molecule has 0 bridgehead atoms. The van der Waals surface area contributed by atoms with Crippen molar-refractivity contribution < 1.29 is 14.3 Å². The van der Waals surface area contributed by atoms with Gasteiger partial charge < -0.3 is 20.3 Å². The Labute approximate surface area is 141 Å². The molecule has 2 N–H and O–H groups in total. The van der Waals surface area contributed by atoms with Gasteiger partial charge in [0, 0.05) is 38.3 Å². The standard InChI is InChI=1S/C16H22ClN3O3/c1-23-11-14(18)16(22)20-7-5-19(6-8-20)15(21)10-12-3-2-4-13(17)9-12/h2-4,9,14H,5-8,10-11,18H2,1H3. The van der Waals surface area contributed by atoms with Gasteiger partial charge in [-0.25, -0.2) is 0 Å². The van der Waals surface area contributed by atoms with E-state index in [4.69, 9.17) is 22.1 Å². The third kappa shape index (κ3) is 4.92. The van der Waals surface area contributed by atoms with Crippen LogP contribution in [-0.4, -0.2) is 67.6 Å². The molecule has 2 amide bonds. The third-order valence-electron chi connectivity index (χ3n) is 3.85. The van der Waals surface area contributed by atoms with Crippen LogP contribution in [0.2, 0.25) is 5.02 Å². The molecule has 0 spiro atoms. The molecule has 6 nitrogen and oxygen atoms in total. The van der Waals surface area contributed by atoms with Crippen molar-refractivity contribution in [3.05, 3.63) is 34.9 Å². The van der Waals surface area contributed by atoms with Crippen LogP contribution in [-0.2, 0) is 20.7 Å². The van der Waals surface area contributed by atoms with E-state index >= 15 is 0 Å². The number of carbonyl (C=O) groups is 2. The number of methoxy groups -OCH3 is 1. The van der Waals surface area contributed by atoms with Crippen molar-refractivity contribution in [3.63, 3.8) is 0 Å². The van der Waals surface area contributed by atoms with E-state index in [1.54, 1.807) is 21.9 Å². The molecule has 1 aliphatic rings. The molecule has 0 aromatic heterocycles. The van der Waals surface area contributed by atoms with Crippen molar-refractivity contribution in [2.24, 2.45) is 5.73 Å². The number of rotatable bonds is 5. The summed E-state index contributed by atoms with van der Waals surface area (Å²) in [5.41, 5.74) is 6.65. The first-order chi connectivity index (χ1) is 11.0. The van der Waals surface area contributed by atoms with Crippen LogP contribution < -0.4 is 5.73 Å². The zero-order chi connectivity index (χ0) is 16.8. The van der Waals surface area contributed by atoms with Crippen molar-refractivity contribution >= 4 is 23.4 Å². The number of carbonyl (C=O) groups excluding carboxylic acids is 2. The lowest BCUT2D eigenvalue weighted by Crippen LogP contribution is -2.55. The first-order valence-corrected chi connectivity index (χ1v) is 7.94. The Morgan fingerprint density at radius 1 is 1.26 bits per heavy atom. The summed E-state index contributed by atoms with van der Waals surface area (Å²) in [5, 5.41) is 0.623. The third-order valence-corrected chi connectivity index (χ3v) is 4.09. The number of ether oxygens (including phenoxy) is 1. The van der Waals surface area contributed by atoms with Crippen LogP contribution in [0.25, 0.3) is 0 Å². The number of benzene rings is 1. The van der Waals surface area contributed by atoms with Gasteiger partial charge in [0.2, 0.25) is 11.8 Å². The van der Waals surface area contributed by atoms with Crippen molar-refractivity contribution in [1.29, 1.82) is 0 Å². The summed E-state index contributed by atoms with van der Waals surface area (Å²) in [5.74, 6) is -0.0886. The van der Waals surface area contributed by atoms with Gasteiger partial charge >= 0.3 is 0 Å². The molecule has 1 fully saturated rings. The highest BCUT2D eigenvalue weighted by Gasteiger charge is 2.27. The normalized spacial score (nSPS) is 16.3. The minimum atomic E-state index is -0.645. The molecule has 0 saturated carbocycles. The molecule has 0 aliphatic carbocycles. The van der Waals surface area contributed by atoms with Gasteiger partial charge in [0.25, 0.3) is 0 Å². The molecule has 23 heavy (non-hydrogen) atoms. The molecule has 1 unspecified atom stereocenters. The summed E-state index contributed by atoms with van der Waals surface area (Å²) < 4.78 is 4.90. The SMILES string of the molecule is COCC(N)C(=O)N1CCN(C(=O)Cc2cccc(Cl)c2)CC1. The van der Waals surface area contributed by atoms with Crippen LogP contribution in [0.3, 0.4) is 0 Å². The van der Waals surface area contributed by atoms with Crippen LogP contribution in [0.4, 0.5) is 0 Å². The lowest BCUT2D eigenvalue weighted by molar-refractivity contribution is -0.140. The fourth-order valence-electron chi connectivity index (χ4n) is 2.59. The summed E-state index contributed by atoms with van der Waals surface area (Å²) in [7, 11) is 1.51. The number of piperazine rings is 1. The second kappa shape index (κ2) is 8.29. The minimum absolute atomic E-state index is 0.0422. The van der Waals surface area contributed by atoms with E-state index in [9.17, 15) is 9.59 Å². The number of nitrogens with two attached hydrogens (primary N) is 1. The van der Waals surface area contributed by atoms with Gasteiger partial charge in [0.1, 0.15) is 6.04 Å². The predicted molar refractivity (Wildman–Crippen MR) is 88.2 cm³/mol. The molecule has 7 heteroatoms. The van der Waals surface area contributed by atoms with E-state index < -0.39 is 6.04 Å². The molecule has 1 saturated heterocycles. The lowest BCUT2D eigenvalue weighted by atomic mass is 10.1. The Balaban J connectivity index is 1.84. The van der Waals surface area contributed by atoms with Crippen molar-refractivity contribution in [3.8, 4) is 0 Å². The van der Waals surface area contributed by atoms with Gasteiger partial charge in [-0.15, -0.1) is 0 Å². The van der Waals surface area contributed by atoms with Crippen molar-refractivity contribution in [1.82, 2.24) is 9.80 Å². The summed E-state index contributed by atoms with van der Waals surface area (Å²) >= 11 is 5.93. The fraction of sp³-hybridized carbons (Fsp3) is 0.500. The molecule has 0 radical (unpaired) electrons. The Morgan fingerprint density at radius 2 is 1.91 bits per heavy atom. The maximum atomic E-state index is 12.3. The zero-order valence-corrected chi connectivity index (χ0v) is 14.0. The smallest absolute Gasteiger partial charge is 0.241 e. The van der Waals surface area contributed by atoms with Crippen molar-refractivity contribution in [2.75, 3.05) is 39.9 Å². The summed E-state index contributed by atoms with van der Waals surface area (Å²) in [6.07, 6.45) is 0.317. The number of nitrogens with zero attached hydrogens (tertiary/aromatic N) is 2. The van der Waals surface area contributed by atoms with E-state index in [0.717, 1.165) is 5.56 Å². The number of halogens is 1. The van der Waals surface area contributed by atoms with Gasteiger partial charge in [-0.1, -0.05) is 23.7 Å². The Bertz CT molecular complexity index is 559. The maximum Gasteiger partial charge on any atom is 0.241 e. The Morgan fingerprint density at radius 3 is 2.52 bits per heavy atom. The second-order valence-electron chi connectivity index (χ2n) is 5.57. The molecule has 126 valence electrons. The summed E-state index contributed by atoms with van der Waals surface area (Å²) in [6, 6.07) is 6.65. The highest BCUT2D eigenvalue weighted by atomic mass is 35.5. The summed E-state index contributed by atoms with van der Waals surface area (Å²) in [4.78, 5) is 27.9. The molecular weight excluding hydrogens is 318 g/mol. The molecule has 1 aromatic rings. The minimum Gasteiger partial charge on any atom is -0.383 e. The van der Waals surface area contributed by atoms with Gasteiger partial charge in [-0.3, -0.25) is 9.59 Å². The zero-order valence-electron chi connectivity index (χ0n) is 13.2. The predicted octanol–water partition coefficient (Wildman–Crippen LogP) is 0.527. The lowest BCUT2D eigenvalue weighted by Gasteiger charge is -2.36. The highest BCUT2D eigenvalue weighted by molar-refractivity contribution is 6.30. The first-order valence-electron chi connectivity index (χ1n) is 7.57. The van der Waals surface area contributed by atoms with E-state index in [0.29, 0.717) is 37.6 Å². The fourth-order valence-corrected chi connectivity index (χ4v) is 2.81. The second-order valence-corrected chi connectivity index (χ2v) is 6.01. The molecule has 1 atom stereocenters. The monoisotopic (exact) mass is 339 g/mol. The largest absolute Gasteiger partial charge is 0.383 e. The Kier molecular flexibility index (Phi) is 6.38. The molecule has 1 aromatic carbocycles. The van der Waals surface area contributed by atoms with Crippen LogP contribution in [0.5, 0.6) is 0 Å². The number of hydrogen-bond donors (Lipinski definition) is 1. The topological polar surface area (TPSA) is 75.9 Å². The quantitative estimate of drug-likeness (QED) is 0.849. The molecular formula is C16H22ClN3O3. The van der Waals surface area contributed by atoms with E-state index in [2.05, 4.69) is 0 Å². The van der Waals surface area contributed by atoms with E-state index in [1.165, 1.54) is 7.11 Å².